The van der Waals surface area contributed by atoms with Gasteiger partial charge in [0, 0.05) is 37.4 Å². The van der Waals surface area contributed by atoms with Crippen LogP contribution in [0.3, 0.4) is 0 Å². The van der Waals surface area contributed by atoms with Crippen LogP contribution in [-0.4, -0.2) is 126 Å². The molecule has 19 nitrogen and oxygen atoms in total. The Bertz CT molecular complexity index is 1930. The van der Waals surface area contributed by atoms with Gasteiger partial charge in [-0.1, -0.05) is 18.2 Å². The molecule has 2 aromatic carbocycles. The molecule has 0 spiro atoms. The maximum atomic E-state index is 13.5. The van der Waals surface area contributed by atoms with E-state index in [1.54, 1.807) is 24.3 Å². The highest BCUT2D eigenvalue weighted by molar-refractivity contribution is 7.80. The SMILES string of the molecule is COC(=O)C1OC1CNC(=O)CNC(=O)C(CS)NC(=O)C(CCc1ccc(O)cc1)NC(=O)CCCNc1cccc2c1C(=O)N(C1CCC(=O)NC1=O)C2=O. The summed E-state index contributed by atoms with van der Waals surface area (Å²) in [6, 6.07) is 7.55. The predicted octanol–water partition coefficient (Wildman–Crippen LogP) is -1.31. The third-order valence-electron chi connectivity index (χ3n) is 9.43. The largest absolute Gasteiger partial charge is 0.508 e. The minimum Gasteiger partial charge on any atom is -0.508 e. The van der Waals surface area contributed by atoms with Crippen LogP contribution in [0.25, 0.3) is 0 Å². The van der Waals surface area contributed by atoms with Crippen molar-refractivity contribution >= 4 is 71.5 Å². The number of epoxide rings is 1. The summed E-state index contributed by atoms with van der Waals surface area (Å²) >= 11 is 4.18. The molecule has 8 amide bonds. The van der Waals surface area contributed by atoms with E-state index in [-0.39, 0.29) is 67.8 Å². The number of anilines is 1. The van der Waals surface area contributed by atoms with Crippen LogP contribution in [0, 0.1) is 0 Å². The van der Waals surface area contributed by atoms with E-state index in [4.69, 9.17) is 4.74 Å². The van der Waals surface area contributed by atoms with Crippen LogP contribution < -0.4 is 31.9 Å². The van der Waals surface area contributed by atoms with Crippen LogP contribution in [0.2, 0.25) is 0 Å². The summed E-state index contributed by atoms with van der Waals surface area (Å²) < 4.78 is 9.69. The molecule has 2 fully saturated rings. The number of imide groups is 2. The number of fused-ring (bicyclic) bond motifs is 1. The molecule has 5 rings (SSSR count). The number of phenolic OH excluding ortho intramolecular Hbond substituents is 1. The van der Waals surface area contributed by atoms with Gasteiger partial charge < -0.3 is 41.2 Å². The first kappa shape index (κ1) is 42.1. The second-order valence-corrected chi connectivity index (χ2v) is 13.8. The van der Waals surface area contributed by atoms with E-state index in [9.17, 15) is 48.3 Å². The fourth-order valence-electron chi connectivity index (χ4n) is 6.30. The van der Waals surface area contributed by atoms with Gasteiger partial charge >= 0.3 is 5.97 Å². The summed E-state index contributed by atoms with van der Waals surface area (Å²) in [5.74, 6) is -5.61. The van der Waals surface area contributed by atoms with Crippen molar-refractivity contribution in [3.8, 4) is 5.75 Å². The van der Waals surface area contributed by atoms with Crippen molar-refractivity contribution in [3.05, 3.63) is 59.2 Å². The zero-order chi connectivity index (χ0) is 41.2. The number of benzene rings is 2. The Labute approximate surface area is 331 Å². The van der Waals surface area contributed by atoms with Crippen molar-refractivity contribution in [1.29, 1.82) is 0 Å². The maximum absolute atomic E-state index is 13.5. The van der Waals surface area contributed by atoms with E-state index >= 15 is 0 Å². The Morgan fingerprint density at radius 3 is 2.42 bits per heavy atom. The Morgan fingerprint density at radius 2 is 1.72 bits per heavy atom. The normalized spacial score (nSPS) is 19.4. The molecule has 304 valence electrons. The van der Waals surface area contributed by atoms with Gasteiger partial charge in [-0.05, 0) is 55.5 Å². The monoisotopic (exact) mass is 809 g/mol. The number of aryl methyl sites for hydroxylation is 1. The molecule has 5 unspecified atom stereocenters. The standard InChI is InChI=1S/C37H43N7O12S/c1-55-37(54)31-26(56-31)16-39-29(48)17-40-32(49)24(18-57)42-33(50)23(12-9-19-7-10-20(45)11-8-19)41-27(46)6-3-15-38-22-5-2-4-21-30(22)36(53)44(35(21)52)25-13-14-28(47)43-34(25)51/h2,4-5,7-8,10-11,23-26,31,38,45,57H,3,6,9,12-18H2,1H3,(H,39,48)(H,40,49)(H,41,46)(H,42,50)(H,43,47,51). The number of piperidine rings is 1. The third kappa shape index (κ3) is 10.8. The maximum Gasteiger partial charge on any atom is 0.337 e. The molecule has 2 aromatic rings. The van der Waals surface area contributed by atoms with Gasteiger partial charge in [0.1, 0.15) is 30.0 Å². The number of methoxy groups -OCH3 is 1. The Kier molecular flexibility index (Phi) is 14.2. The lowest BCUT2D eigenvalue weighted by Crippen LogP contribution is -2.55. The second kappa shape index (κ2) is 19.2. The molecule has 3 heterocycles. The van der Waals surface area contributed by atoms with Gasteiger partial charge in [-0.15, -0.1) is 0 Å². The number of aromatic hydroxyl groups is 1. The molecular formula is C37H43N7O12S. The summed E-state index contributed by atoms with van der Waals surface area (Å²) in [5.41, 5.74) is 1.27. The van der Waals surface area contributed by atoms with E-state index < -0.39 is 90.1 Å². The number of carbonyl (C=O) groups is 9. The summed E-state index contributed by atoms with van der Waals surface area (Å²) in [6.07, 6.45) is -0.669. The van der Waals surface area contributed by atoms with Crippen LogP contribution in [-0.2, 0) is 49.5 Å². The molecule has 3 aliphatic rings. The number of carbonyl (C=O) groups excluding carboxylic acids is 9. The summed E-state index contributed by atoms with van der Waals surface area (Å²) in [5, 5.41) is 25.1. The molecule has 0 aliphatic carbocycles. The summed E-state index contributed by atoms with van der Waals surface area (Å²) in [6.45, 7) is -0.221. The minimum atomic E-state index is -1.17. The topological polar surface area (TPSA) is 271 Å². The highest BCUT2D eigenvalue weighted by Crippen LogP contribution is 2.32. The zero-order valence-corrected chi connectivity index (χ0v) is 31.7. The molecule has 0 bridgehead atoms. The van der Waals surface area contributed by atoms with Crippen LogP contribution >= 0.6 is 12.6 Å². The van der Waals surface area contributed by atoms with Crippen LogP contribution in [0.1, 0.15) is 58.4 Å². The summed E-state index contributed by atoms with van der Waals surface area (Å²) in [4.78, 5) is 115. The van der Waals surface area contributed by atoms with E-state index in [1.165, 1.54) is 25.3 Å². The van der Waals surface area contributed by atoms with Gasteiger partial charge in [-0.2, -0.15) is 12.6 Å². The molecule has 3 aliphatic heterocycles. The van der Waals surface area contributed by atoms with Crippen molar-refractivity contribution in [2.24, 2.45) is 0 Å². The summed E-state index contributed by atoms with van der Waals surface area (Å²) in [7, 11) is 1.22. The van der Waals surface area contributed by atoms with Gasteiger partial charge in [0.2, 0.25) is 35.4 Å². The van der Waals surface area contributed by atoms with Gasteiger partial charge in [-0.25, -0.2) is 4.79 Å². The number of thiol groups is 1. The first-order valence-corrected chi connectivity index (χ1v) is 18.8. The van der Waals surface area contributed by atoms with Crippen LogP contribution in [0.5, 0.6) is 5.75 Å². The quantitative estimate of drug-likeness (QED) is 0.0270. The van der Waals surface area contributed by atoms with Gasteiger partial charge in [-0.3, -0.25) is 48.6 Å². The van der Waals surface area contributed by atoms with E-state index in [0.717, 1.165) is 10.5 Å². The molecule has 5 atom stereocenters. The third-order valence-corrected chi connectivity index (χ3v) is 9.79. The molecule has 0 radical (unpaired) electrons. The van der Waals surface area contributed by atoms with Gasteiger partial charge in [0.15, 0.2) is 6.10 Å². The Balaban J connectivity index is 1.13. The number of phenols is 1. The first-order chi connectivity index (χ1) is 27.3. The fraction of sp³-hybridized carbons (Fsp3) is 0.432. The lowest BCUT2D eigenvalue weighted by Gasteiger charge is -2.27. The van der Waals surface area contributed by atoms with Crippen molar-refractivity contribution in [2.45, 2.75) is 68.9 Å². The minimum absolute atomic E-state index is 0.0123. The van der Waals surface area contributed by atoms with Crippen LogP contribution in [0.15, 0.2) is 42.5 Å². The highest BCUT2D eigenvalue weighted by Gasteiger charge is 2.47. The van der Waals surface area contributed by atoms with Crippen molar-refractivity contribution in [2.75, 3.05) is 37.8 Å². The number of rotatable bonds is 19. The number of esters is 1. The van der Waals surface area contributed by atoms with E-state index in [2.05, 4.69) is 49.3 Å². The number of hydrogen-bond acceptors (Lipinski definition) is 14. The number of nitrogens with one attached hydrogen (secondary N) is 6. The smallest absolute Gasteiger partial charge is 0.337 e. The lowest BCUT2D eigenvalue weighted by molar-refractivity contribution is -0.142. The first-order valence-electron chi connectivity index (χ1n) is 18.2. The van der Waals surface area contributed by atoms with E-state index in [1.807, 2.05) is 0 Å². The predicted molar refractivity (Wildman–Crippen MR) is 202 cm³/mol. The Morgan fingerprint density at radius 1 is 0.965 bits per heavy atom. The average Bonchev–Trinajstić information content (AvgIpc) is 3.94. The molecule has 0 saturated carbocycles. The Hall–Kier alpha value is -6.02. The molecular weight excluding hydrogens is 767 g/mol. The molecule has 2 saturated heterocycles. The zero-order valence-electron chi connectivity index (χ0n) is 30.8. The fourth-order valence-corrected chi connectivity index (χ4v) is 6.56. The average molecular weight is 810 g/mol. The molecule has 20 heteroatoms. The second-order valence-electron chi connectivity index (χ2n) is 13.4. The molecule has 0 aromatic heterocycles. The number of amides is 8. The number of hydrogen-bond donors (Lipinski definition) is 8. The number of ether oxygens (including phenoxy) is 2. The van der Waals surface area contributed by atoms with Crippen molar-refractivity contribution in [1.82, 2.24) is 31.5 Å². The van der Waals surface area contributed by atoms with Gasteiger partial charge in [0.05, 0.1) is 24.8 Å². The lowest BCUT2D eigenvalue weighted by atomic mass is 10.0. The van der Waals surface area contributed by atoms with E-state index in [0.29, 0.717) is 12.1 Å². The number of nitrogens with zero attached hydrogens (tertiary/aromatic N) is 1. The van der Waals surface area contributed by atoms with Crippen molar-refractivity contribution < 1.29 is 57.7 Å². The highest BCUT2D eigenvalue weighted by atomic mass is 32.1. The molecule has 7 N–H and O–H groups in total. The van der Waals surface area contributed by atoms with Gasteiger partial charge in [0.25, 0.3) is 11.8 Å². The molecule has 57 heavy (non-hydrogen) atoms. The van der Waals surface area contributed by atoms with Crippen molar-refractivity contribution in [3.63, 3.8) is 0 Å². The van der Waals surface area contributed by atoms with Crippen LogP contribution in [0.4, 0.5) is 5.69 Å².